The van der Waals surface area contributed by atoms with Gasteiger partial charge in [0.05, 0.1) is 24.2 Å². The number of aliphatic imine (C=N–C) groups is 1. The van der Waals surface area contributed by atoms with Gasteiger partial charge in [0.1, 0.15) is 18.1 Å². The van der Waals surface area contributed by atoms with Gasteiger partial charge in [0.15, 0.2) is 5.96 Å². The molecule has 2 aromatic carbocycles. The third-order valence-electron chi connectivity index (χ3n) is 3.25. The maximum absolute atomic E-state index is 12.9. The molecule has 0 amide bonds. The average molecular weight is 388 g/mol. The van der Waals surface area contributed by atoms with E-state index >= 15 is 0 Å². The summed E-state index contributed by atoms with van der Waals surface area (Å²) in [5.41, 5.74) is 5.50. The van der Waals surface area contributed by atoms with Crippen LogP contribution >= 0.6 is 11.6 Å². The van der Waals surface area contributed by atoms with Crippen LogP contribution in [0, 0.1) is 0 Å². The summed E-state index contributed by atoms with van der Waals surface area (Å²) in [5.74, 6) is 0.354. The summed E-state index contributed by atoms with van der Waals surface area (Å²) in [4.78, 5) is 4.00. The van der Waals surface area contributed by atoms with E-state index in [0.29, 0.717) is 16.5 Å². The minimum atomic E-state index is -4.48. The Kier molecular flexibility index (Phi) is 6.57. The number of rotatable bonds is 6. The Morgan fingerprint density at radius 2 is 1.92 bits per heavy atom. The molecule has 0 radical (unpaired) electrons. The third-order valence-corrected chi connectivity index (χ3v) is 3.54. The SMILES string of the molecule is COc1ccc(NC(N)=NCCOc2ccccc2C(F)(F)F)cc1Cl. The smallest absolute Gasteiger partial charge is 0.419 e. The van der Waals surface area contributed by atoms with Crippen molar-refractivity contribution < 1.29 is 22.6 Å². The van der Waals surface area contributed by atoms with Crippen molar-refractivity contribution in [2.75, 3.05) is 25.6 Å². The van der Waals surface area contributed by atoms with Crippen LogP contribution in [0.4, 0.5) is 18.9 Å². The molecule has 0 saturated heterocycles. The lowest BCUT2D eigenvalue weighted by atomic mass is 10.2. The molecule has 0 heterocycles. The molecule has 0 bridgehead atoms. The maximum atomic E-state index is 12.9. The van der Waals surface area contributed by atoms with Crippen LogP contribution in [-0.2, 0) is 6.18 Å². The first-order valence-electron chi connectivity index (χ1n) is 7.50. The van der Waals surface area contributed by atoms with Gasteiger partial charge in [0.25, 0.3) is 0 Å². The summed E-state index contributed by atoms with van der Waals surface area (Å²) >= 11 is 6.00. The molecule has 2 aromatic rings. The Labute approximate surface area is 153 Å². The highest BCUT2D eigenvalue weighted by Gasteiger charge is 2.33. The number of halogens is 4. The molecule has 2 rings (SSSR count). The number of guanidine groups is 1. The van der Waals surface area contributed by atoms with Gasteiger partial charge >= 0.3 is 6.18 Å². The van der Waals surface area contributed by atoms with Crippen molar-refractivity contribution in [3.8, 4) is 11.5 Å². The predicted molar refractivity (Wildman–Crippen MR) is 95.1 cm³/mol. The van der Waals surface area contributed by atoms with Crippen LogP contribution in [0.25, 0.3) is 0 Å². The lowest BCUT2D eigenvalue weighted by Gasteiger charge is -2.13. The first kappa shape index (κ1) is 19.7. The van der Waals surface area contributed by atoms with Gasteiger partial charge in [0, 0.05) is 5.69 Å². The molecule has 0 atom stereocenters. The van der Waals surface area contributed by atoms with Crippen LogP contribution in [-0.4, -0.2) is 26.2 Å². The zero-order chi connectivity index (χ0) is 19.2. The van der Waals surface area contributed by atoms with E-state index in [0.717, 1.165) is 6.07 Å². The minimum Gasteiger partial charge on any atom is -0.495 e. The summed E-state index contributed by atoms with van der Waals surface area (Å²) in [5, 5.41) is 3.22. The number of para-hydroxylation sites is 1. The number of benzene rings is 2. The van der Waals surface area contributed by atoms with E-state index in [1.54, 1.807) is 18.2 Å². The molecule has 26 heavy (non-hydrogen) atoms. The number of hydrogen-bond donors (Lipinski definition) is 2. The fourth-order valence-electron chi connectivity index (χ4n) is 2.08. The number of nitrogens with zero attached hydrogens (tertiary/aromatic N) is 1. The summed E-state index contributed by atoms with van der Waals surface area (Å²) in [6.07, 6.45) is -4.48. The summed E-state index contributed by atoms with van der Waals surface area (Å²) < 4.78 is 48.8. The summed E-state index contributed by atoms with van der Waals surface area (Å²) in [6.45, 7) is 0.0216. The van der Waals surface area contributed by atoms with Crippen molar-refractivity contribution in [3.63, 3.8) is 0 Å². The lowest BCUT2D eigenvalue weighted by molar-refractivity contribution is -0.138. The second-order valence-electron chi connectivity index (χ2n) is 5.08. The van der Waals surface area contributed by atoms with Crippen molar-refractivity contribution >= 4 is 23.2 Å². The number of nitrogens with two attached hydrogens (primary N) is 1. The van der Waals surface area contributed by atoms with E-state index < -0.39 is 11.7 Å². The number of alkyl halides is 3. The van der Waals surface area contributed by atoms with E-state index in [-0.39, 0.29) is 24.9 Å². The molecule has 0 spiro atoms. The Morgan fingerprint density at radius 3 is 2.58 bits per heavy atom. The van der Waals surface area contributed by atoms with Gasteiger partial charge in [0.2, 0.25) is 0 Å². The normalized spacial score (nSPS) is 12.0. The number of nitrogens with one attached hydrogen (secondary N) is 1. The minimum absolute atomic E-state index is 0.0567. The maximum Gasteiger partial charge on any atom is 0.419 e. The predicted octanol–water partition coefficient (Wildman–Crippen LogP) is 4.17. The Balaban J connectivity index is 1.90. The largest absolute Gasteiger partial charge is 0.495 e. The van der Waals surface area contributed by atoms with Crippen LogP contribution < -0.4 is 20.5 Å². The Bertz CT molecular complexity index is 782. The van der Waals surface area contributed by atoms with Crippen LogP contribution in [0.1, 0.15) is 5.56 Å². The van der Waals surface area contributed by atoms with Gasteiger partial charge in [-0.3, -0.25) is 0 Å². The highest BCUT2D eigenvalue weighted by atomic mass is 35.5. The molecule has 0 aliphatic rings. The van der Waals surface area contributed by atoms with E-state index in [1.807, 2.05) is 0 Å². The monoisotopic (exact) mass is 387 g/mol. The van der Waals surface area contributed by atoms with Crippen molar-refractivity contribution in [1.82, 2.24) is 0 Å². The van der Waals surface area contributed by atoms with Gasteiger partial charge < -0.3 is 20.5 Å². The molecule has 3 N–H and O–H groups in total. The summed E-state index contributed by atoms with van der Waals surface area (Å²) in [6, 6.07) is 9.96. The van der Waals surface area contributed by atoms with E-state index in [9.17, 15) is 13.2 Å². The zero-order valence-electron chi connectivity index (χ0n) is 13.8. The lowest BCUT2D eigenvalue weighted by Crippen LogP contribution is -2.23. The molecule has 0 aliphatic carbocycles. The zero-order valence-corrected chi connectivity index (χ0v) is 14.6. The fourth-order valence-corrected chi connectivity index (χ4v) is 2.34. The van der Waals surface area contributed by atoms with Crippen molar-refractivity contribution in [1.29, 1.82) is 0 Å². The van der Waals surface area contributed by atoms with Crippen molar-refractivity contribution in [2.45, 2.75) is 6.18 Å². The molecule has 0 aromatic heterocycles. The fraction of sp³-hybridized carbons (Fsp3) is 0.235. The number of anilines is 1. The first-order valence-corrected chi connectivity index (χ1v) is 7.88. The molecule has 140 valence electrons. The number of ether oxygens (including phenoxy) is 2. The molecule has 0 saturated carbocycles. The van der Waals surface area contributed by atoms with Crippen LogP contribution in [0.15, 0.2) is 47.5 Å². The quantitative estimate of drug-likeness (QED) is 0.443. The average Bonchev–Trinajstić information content (AvgIpc) is 2.58. The standard InChI is InChI=1S/C17H17ClF3N3O2/c1-25-15-7-6-11(10-13(15)18)24-16(22)23-8-9-26-14-5-3-2-4-12(14)17(19,20)21/h2-7,10H,8-9H2,1H3,(H3,22,23,24). The molecular formula is C17H17ClF3N3O2. The van der Waals surface area contributed by atoms with Crippen LogP contribution in [0.2, 0.25) is 5.02 Å². The van der Waals surface area contributed by atoms with Gasteiger partial charge in [-0.1, -0.05) is 23.7 Å². The highest BCUT2D eigenvalue weighted by molar-refractivity contribution is 6.32. The van der Waals surface area contributed by atoms with E-state index in [1.165, 1.54) is 25.3 Å². The highest BCUT2D eigenvalue weighted by Crippen LogP contribution is 2.35. The molecule has 0 unspecified atom stereocenters. The van der Waals surface area contributed by atoms with Gasteiger partial charge in [-0.25, -0.2) is 4.99 Å². The van der Waals surface area contributed by atoms with Gasteiger partial charge in [-0.15, -0.1) is 0 Å². The Hall–Kier alpha value is -2.61. The molecule has 0 fully saturated rings. The molecular weight excluding hydrogens is 371 g/mol. The van der Waals surface area contributed by atoms with Crippen molar-refractivity contribution in [2.24, 2.45) is 10.7 Å². The third kappa shape index (κ3) is 5.45. The molecule has 9 heteroatoms. The molecule has 5 nitrogen and oxygen atoms in total. The second-order valence-corrected chi connectivity index (χ2v) is 5.49. The van der Waals surface area contributed by atoms with E-state index in [2.05, 4.69) is 10.3 Å². The van der Waals surface area contributed by atoms with E-state index in [4.69, 9.17) is 26.8 Å². The van der Waals surface area contributed by atoms with Crippen LogP contribution in [0.5, 0.6) is 11.5 Å². The van der Waals surface area contributed by atoms with Crippen molar-refractivity contribution in [3.05, 3.63) is 53.1 Å². The van der Waals surface area contributed by atoms with Gasteiger partial charge in [-0.05, 0) is 30.3 Å². The van der Waals surface area contributed by atoms with Crippen LogP contribution in [0.3, 0.4) is 0 Å². The summed E-state index contributed by atoms with van der Waals surface area (Å²) in [7, 11) is 1.50. The van der Waals surface area contributed by atoms with Gasteiger partial charge in [-0.2, -0.15) is 13.2 Å². The molecule has 0 aliphatic heterocycles. The topological polar surface area (TPSA) is 68.9 Å². The first-order chi connectivity index (χ1) is 12.3. The number of methoxy groups -OCH3 is 1. The second kappa shape index (κ2) is 8.66. The number of hydrogen-bond acceptors (Lipinski definition) is 3. The Morgan fingerprint density at radius 1 is 1.19 bits per heavy atom.